The molecule has 1 heterocycles. The molecule has 0 aromatic carbocycles. The van der Waals surface area contributed by atoms with E-state index in [9.17, 15) is 4.79 Å². The van der Waals surface area contributed by atoms with Crippen LogP contribution in [0.5, 0.6) is 0 Å². The first-order valence-corrected chi connectivity index (χ1v) is 4.17. The Balaban J connectivity index is 2.47. The molecule has 6 nitrogen and oxygen atoms in total. The number of carbonyl (C=O) groups excluding carboxylic acids is 1. The van der Waals surface area contributed by atoms with Crippen LogP contribution in [-0.2, 0) is 4.74 Å². The molecule has 78 valence electrons. The summed E-state index contributed by atoms with van der Waals surface area (Å²) in [4.78, 5) is 11.4. The van der Waals surface area contributed by atoms with E-state index in [4.69, 9.17) is 9.84 Å². The highest BCUT2D eigenvalue weighted by Gasteiger charge is 2.12. The second-order valence-corrected chi connectivity index (χ2v) is 2.80. The van der Waals surface area contributed by atoms with Gasteiger partial charge in [0.25, 0.3) is 5.91 Å². The van der Waals surface area contributed by atoms with E-state index in [-0.39, 0.29) is 25.2 Å². The monoisotopic (exact) mass is 199 g/mol. The molecule has 0 radical (unpaired) electrons. The first-order valence-electron chi connectivity index (χ1n) is 4.17. The molecule has 14 heavy (non-hydrogen) atoms. The summed E-state index contributed by atoms with van der Waals surface area (Å²) >= 11 is 0. The number of aromatic nitrogens is 2. The number of H-pyrrole nitrogens is 1. The van der Waals surface area contributed by atoms with Crippen LogP contribution in [0.1, 0.15) is 10.4 Å². The van der Waals surface area contributed by atoms with E-state index in [2.05, 4.69) is 15.5 Å². The van der Waals surface area contributed by atoms with E-state index in [1.807, 2.05) is 0 Å². The van der Waals surface area contributed by atoms with Crippen LogP contribution in [0.4, 0.5) is 0 Å². The fourth-order valence-electron chi connectivity index (χ4n) is 0.985. The number of ether oxygens (including phenoxy) is 1. The Morgan fingerprint density at radius 3 is 3.14 bits per heavy atom. The van der Waals surface area contributed by atoms with Gasteiger partial charge in [0.15, 0.2) is 0 Å². The number of aromatic amines is 1. The lowest BCUT2D eigenvalue weighted by molar-refractivity contribution is 0.0840. The number of hydrogen-bond acceptors (Lipinski definition) is 4. The second-order valence-electron chi connectivity index (χ2n) is 2.80. The minimum atomic E-state index is -0.387. The quantitative estimate of drug-likeness (QED) is 0.576. The molecule has 0 fully saturated rings. The van der Waals surface area contributed by atoms with E-state index in [0.29, 0.717) is 5.56 Å². The van der Waals surface area contributed by atoms with Gasteiger partial charge in [0.1, 0.15) is 0 Å². The number of hydrogen-bond donors (Lipinski definition) is 3. The van der Waals surface area contributed by atoms with Crippen LogP contribution in [0.3, 0.4) is 0 Å². The summed E-state index contributed by atoms with van der Waals surface area (Å²) in [7, 11) is 1.51. The first kappa shape index (κ1) is 10.7. The van der Waals surface area contributed by atoms with Crippen molar-refractivity contribution in [1.29, 1.82) is 0 Å². The Bertz CT molecular complexity index is 273. The maximum Gasteiger partial charge on any atom is 0.254 e. The number of aliphatic hydroxyl groups is 1. The minimum absolute atomic E-state index is 0.155. The van der Waals surface area contributed by atoms with Crippen molar-refractivity contribution >= 4 is 5.91 Å². The number of aliphatic hydroxyl groups excluding tert-OH is 1. The van der Waals surface area contributed by atoms with Gasteiger partial charge >= 0.3 is 0 Å². The lowest BCUT2D eigenvalue weighted by Crippen LogP contribution is -2.40. The SMILES string of the molecule is COCC(CO)NC(=O)c1cn[nH]c1. The molecule has 1 aromatic heterocycles. The predicted molar refractivity (Wildman–Crippen MR) is 48.8 cm³/mol. The Hall–Kier alpha value is -1.40. The maximum atomic E-state index is 11.4. The minimum Gasteiger partial charge on any atom is -0.394 e. The first-order chi connectivity index (χ1) is 6.77. The van der Waals surface area contributed by atoms with Gasteiger partial charge in [0, 0.05) is 13.3 Å². The van der Waals surface area contributed by atoms with Crippen molar-refractivity contribution < 1.29 is 14.6 Å². The van der Waals surface area contributed by atoms with Gasteiger partial charge in [-0.1, -0.05) is 0 Å². The van der Waals surface area contributed by atoms with E-state index in [1.54, 1.807) is 0 Å². The van der Waals surface area contributed by atoms with Gasteiger partial charge in [-0.05, 0) is 0 Å². The molecular weight excluding hydrogens is 186 g/mol. The molecule has 1 aromatic rings. The fraction of sp³-hybridized carbons (Fsp3) is 0.500. The van der Waals surface area contributed by atoms with E-state index < -0.39 is 0 Å². The summed E-state index contributed by atoms with van der Waals surface area (Å²) in [5.74, 6) is -0.283. The molecule has 6 heteroatoms. The molecule has 1 atom stereocenters. The van der Waals surface area contributed by atoms with E-state index in [1.165, 1.54) is 19.5 Å². The third-order valence-electron chi connectivity index (χ3n) is 1.68. The Morgan fingerprint density at radius 1 is 1.86 bits per heavy atom. The zero-order valence-corrected chi connectivity index (χ0v) is 7.86. The van der Waals surface area contributed by atoms with Gasteiger partial charge in [-0.3, -0.25) is 9.89 Å². The van der Waals surface area contributed by atoms with Crippen LogP contribution >= 0.6 is 0 Å². The standard InChI is InChI=1S/C8H13N3O3/c1-14-5-7(4-12)11-8(13)6-2-9-10-3-6/h2-3,7,12H,4-5H2,1H3,(H,9,10)(H,11,13). The summed E-state index contributed by atoms with van der Waals surface area (Å²) in [6, 6.07) is -0.387. The van der Waals surface area contributed by atoms with Crippen molar-refractivity contribution in [3.05, 3.63) is 18.0 Å². The zero-order chi connectivity index (χ0) is 10.4. The van der Waals surface area contributed by atoms with Gasteiger partial charge in [-0.15, -0.1) is 0 Å². The molecule has 0 aliphatic rings. The lowest BCUT2D eigenvalue weighted by Gasteiger charge is -2.14. The Morgan fingerprint density at radius 2 is 2.64 bits per heavy atom. The van der Waals surface area contributed by atoms with Gasteiger partial charge in [0.2, 0.25) is 0 Å². The van der Waals surface area contributed by atoms with Crippen LogP contribution < -0.4 is 5.32 Å². The molecular formula is C8H13N3O3. The number of amides is 1. The number of rotatable bonds is 5. The largest absolute Gasteiger partial charge is 0.394 e. The maximum absolute atomic E-state index is 11.4. The van der Waals surface area contributed by atoms with Crippen LogP contribution in [0, 0.1) is 0 Å². The van der Waals surface area contributed by atoms with Gasteiger partial charge < -0.3 is 15.2 Å². The molecule has 1 amide bonds. The van der Waals surface area contributed by atoms with Crippen LogP contribution in [-0.4, -0.2) is 47.6 Å². The summed E-state index contributed by atoms with van der Waals surface area (Å²) in [6.07, 6.45) is 2.90. The number of nitrogens with one attached hydrogen (secondary N) is 2. The highest BCUT2D eigenvalue weighted by molar-refractivity contribution is 5.93. The number of carbonyl (C=O) groups is 1. The van der Waals surface area contributed by atoms with Crippen molar-refractivity contribution in [2.75, 3.05) is 20.3 Å². The smallest absolute Gasteiger partial charge is 0.254 e. The molecule has 0 spiro atoms. The van der Waals surface area contributed by atoms with Crippen molar-refractivity contribution in [3.8, 4) is 0 Å². The molecule has 0 aliphatic carbocycles. The summed E-state index contributed by atoms with van der Waals surface area (Å²) in [5, 5.41) is 17.7. The fourth-order valence-corrected chi connectivity index (χ4v) is 0.985. The predicted octanol–water partition coefficient (Wildman–Crippen LogP) is -0.853. The summed E-state index contributed by atoms with van der Waals surface area (Å²) < 4.78 is 4.81. The normalized spacial score (nSPS) is 12.4. The third-order valence-corrected chi connectivity index (χ3v) is 1.68. The van der Waals surface area contributed by atoms with Crippen molar-refractivity contribution in [2.45, 2.75) is 6.04 Å². The number of methoxy groups -OCH3 is 1. The molecule has 0 saturated carbocycles. The van der Waals surface area contributed by atoms with Crippen molar-refractivity contribution in [1.82, 2.24) is 15.5 Å². The van der Waals surface area contributed by atoms with Crippen LogP contribution in [0.15, 0.2) is 12.4 Å². The topological polar surface area (TPSA) is 87.2 Å². The number of nitrogens with zero attached hydrogens (tertiary/aromatic N) is 1. The molecule has 0 aliphatic heterocycles. The summed E-state index contributed by atoms with van der Waals surface area (Å²) in [5.41, 5.74) is 0.430. The summed E-state index contributed by atoms with van der Waals surface area (Å²) in [6.45, 7) is 0.123. The molecule has 3 N–H and O–H groups in total. The second kappa shape index (κ2) is 5.36. The average molecular weight is 199 g/mol. The van der Waals surface area contributed by atoms with Gasteiger partial charge in [-0.2, -0.15) is 5.10 Å². The van der Waals surface area contributed by atoms with Crippen molar-refractivity contribution in [3.63, 3.8) is 0 Å². The highest BCUT2D eigenvalue weighted by Crippen LogP contribution is 1.94. The molecule has 0 bridgehead atoms. The van der Waals surface area contributed by atoms with Gasteiger partial charge in [0.05, 0.1) is 31.0 Å². The molecule has 1 rings (SSSR count). The average Bonchev–Trinajstić information content (AvgIpc) is 2.69. The van der Waals surface area contributed by atoms with Crippen molar-refractivity contribution in [2.24, 2.45) is 0 Å². The Kier molecular flexibility index (Phi) is 4.09. The highest BCUT2D eigenvalue weighted by atomic mass is 16.5. The molecule has 1 unspecified atom stereocenters. The third kappa shape index (κ3) is 2.82. The lowest BCUT2D eigenvalue weighted by atomic mass is 10.3. The zero-order valence-electron chi connectivity index (χ0n) is 7.86. The van der Waals surface area contributed by atoms with Gasteiger partial charge in [-0.25, -0.2) is 0 Å². The Labute approximate surface area is 81.3 Å². The van der Waals surface area contributed by atoms with Crippen LogP contribution in [0.25, 0.3) is 0 Å². The van der Waals surface area contributed by atoms with E-state index in [0.717, 1.165) is 0 Å². The van der Waals surface area contributed by atoms with Crippen LogP contribution in [0.2, 0.25) is 0 Å². The van der Waals surface area contributed by atoms with E-state index >= 15 is 0 Å². The molecule has 0 saturated heterocycles.